The third kappa shape index (κ3) is 21.1. The Hall–Kier alpha value is -1.92. The maximum atomic E-state index is 8.01. The maximum absolute atomic E-state index is 8.01. The molecular weight excluding hydrogens is 784 g/mol. The van der Waals surface area contributed by atoms with E-state index in [1.165, 1.54) is 0 Å². The first-order chi connectivity index (χ1) is 22.6. The largest absolute Gasteiger partial charge is 3.00 e. The maximum Gasteiger partial charge on any atom is 3.00 e. The molecule has 0 atom stereocenters. The molecule has 49 heavy (non-hydrogen) atoms. The van der Waals surface area contributed by atoms with Crippen LogP contribution in [0.1, 0.15) is 68.2 Å². The van der Waals surface area contributed by atoms with Gasteiger partial charge in [-0.05, 0) is 23.0 Å². The Bertz CT molecular complexity index is 1330. The number of hydrogen-bond acceptors (Lipinski definition) is 4. The summed E-state index contributed by atoms with van der Waals surface area (Å²) >= 11 is 0. The van der Waals surface area contributed by atoms with Crippen molar-refractivity contribution in [2.45, 2.75) is 85.2 Å². The number of ether oxygens (including phenoxy) is 2. The number of nitrogens with zero attached hydrogens (tertiary/aromatic N) is 4. The molecule has 3 aromatic rings. The summed E-state index contributed by atoms with van der Waals surface area (Å²) in [5, 5.41) is 4.82. The molecule has 0 saturated carbocycles. The molecule has 7 nitrogen and oxygen atoms in total. The van der Waals surface area contributed by atoms with Crippen molar-refractivity contribution in [2.75, 3.05) is 40.5 Å². The van der Waals surface area contributed by atoms with Gasteiger partial charge in [-0.1, -0.05) is 188 Å². The summed E-state index contributed by atoms with van der Waals surface area (Å²) in [6.45, 7) is 24.8. The molecule has 0 aliphatic heterocycles. The Morgan fingerprint density at radius 1 is 0.694 bits per heavy atom. The Labute approximate surface area is 333 Å². The van der Waals surface area contributed by atoms with Gasteiger partial charge < -0.3 is 35.2 Å². The smallest absolute Gasteiger partial charge is 0.698 e. The minimum Gasteiger partial charge on any atom is -0.698 e. The molecular formula is C39H62GdN5O2Si2. The molecule has 3 aromatic carbocycles. The molecule has 0 amide bonds. The zero-order chi connectivity index (χ0) is 36.2. The first kappa shape index (κ1) is 47.1. The van der Waals surface area contributed by atoms with Crippen molar-refractivity contribution in [3.8, 4) is 0 Å². The second-order valence-electron chi connectivity index (χ2n) is 14.2. The third-order valence-corrected chi connectivity index (χ3v) is 8.42. The van der Waals surface area contributed by atoms with Crippen LogP contribution < -0.4 is 0 Å². The van der Waals surface area contributed by atoms with Crippen molar-refractivity contribution in [3.05, 3.63) is 117 Å². The molecule has 3 rings (SSSR count). The normalized spacial score (nSPS) is 12.0. The summed E-state index contributed by atoms with van der Waals surface area (Å²) in [7, 11) is 0.0954. The molecule has 1 N–H and O–H groups in total. The average Bonchev–Trinajstić information content (AvgIpc) is 3.02. The van der Waals surface area contributed by atoms with Gasteiger partial charge in [-0.25, -0.2) is 0 Å². The number of hydrogen-bond donors (Lipinski definition) is 0. The fourth-order valence-corrected chi connectivity index (χ4v) is 6.02. The predicted molar refractivity (Wildman–Crippen MR) is 216 cm³/mol. The van der Waals surface area contributed by atoms with Crippen molar-refractivity contribution in [1.82, 2.24) is 0 Å². The average molecular weight is 846 g/mol. The van der Waals surface area contributed by atoms with Crippen molar-refractivity contribution in [1.29, 1.82) is 0 Å². The van der Waals surface area contributed by atoms with E-state index in [9.17, 15) is 0 Å². The van der Waals surface area contributed by atoms with E-state index in [1.54, 1.807) is 14.2 Å². The Kier molecular flexibility index (Phi) is 24.1. The number of rotatable bonds is 13. The van der Waals surface area contributed by atoms with Crippen LogP contribution in [0.25, 0.3) is 16.0 Å². The van der Waals surface area contributed by atoms with Gasteiger partial charge in [-0.2, -0.15) is 0 Å². The van der Waals surface area contributed by atoms with Crippen molar-refractivity contribution in [3.63, 3.8) is 0 Å². The van der Waals surface area contributed by atoms with Gasteiger partial charge in [0.15, 0.2) is 0 Å². The molecule has 0 fully saturated rings. The zero-order valence-corrected chi connectivity index (χ0v) is 36.4. The molecule has 1 radical (unpaired) electrons. The molecule has 0 aromatic heterocycles. The zero-order valence-electron chi connectivity index (χ0n) is 32.2. The molecule has 0 heterocycles. The summed E-state index contributed by atoms with van der Waals surface area (Å²) < 4.78 is 14.3. The summed E-state index contributed by atoms with van der Waals surface area (Å²) in [5.41, 5.74) is 13.2. The Morgan fingerprint density at radius 3 is 1.53 bits per heavy atom. The summed E-state index contributed by atoms with van der Waals surface area (Å²) in [6.07, 6.45) is 0.884. The van der Waals surface area contributed by atoms with Crippen LogP contribution in [0.3, 0.4) is 0 Å². The molecule has 0 unspecified atom stereocenters. The van der Waals surface area contributed by atoms with Gasteiger partial charge in [0.2, 0.25) is 0 Å². The fourth-order valence-electron chi connectivity index (χ4n) is 4.35. The minimum atomic E-state index is -1.60. The Morgan fingerprint density at radius 2 is 1.14 bits per heavy atom. The quantitative estimate of drug-likeness (QED) is 0.0741. The summed E-state index contributed by atoms with van der Waals surface area (Å²) in [5.74, 6) is 2.66. The van der Waals surface area contributed by atoms with Gasteiger partial charge in [0.05, 0.1) is 13.2 Å². The molecule has 0 spiro atoms. The van der Waals surface area contributed by atoms with Crippen LogP contribution in [-0.2, 0) is 9.47 Å². The standard InChI is InChI=1S/C23H34N4Si2.C12H18N.C4H10O2.Gd/c1-28(2,3)26-22(20-14-9-7-10-15-20)24-18-13-19-25-23(27-29(4,5)6)21-16-11-8-12-17-21;1-8(2)10-6-5-7-11(9(3)4)12(10)13;1-5-3-4-6-2;/h7-12,14-17H,13,18-19H2,1-6H3;5-9,13H,1-4H3;3-4H2,1-2H3;/q-2;-1;;+3. The topological polar surface area (TPSA) is 95.2 Å². The molecule has 0 saturated heterocycles. The fraction of sp³-hybridized carbons (Fsp3) is 0.487. The van der Waals surface area contributed by atoms with E-state index < -0.39 is 16.5 Å². The molecule has 0 aliphatic rings. The second kappa shape index (κ2) is 25.1. The molecule has 271 valence electrons. The number of nitrogens with one attached hydrogen (secondary N) is 1. The van der Waals surface area contributed by atoms with E-state index in [-0.39, 0.29) is 39.9 Å². The van der Waals surface area contributed by atoms with Crippen LogP contribution >= 0.6 is 0 Å². The van der Waals surface area contributed by atoms with Gasteiger partial charge in [0.1, 0.15) is 0 Å². The Balaban J connectivity index is 0.000000949. The third-order valence-electron chi connectivity index (χ3n) is 6.65. The number of benzene rings is 3. The van der Waals surface area contributed by atoms with Gasteiger partial charge in [-0.15, -0.1) is 5.69 Å². The van der Waals surface area contributed by atoms with Crippen LogP contribution in [0.15, 0.2) is 88.5 Å². The van der Waals surface area contributed by atoms with Crippen molar-refractivity contribution < 1.29 is 49.4 Å². The van der Waals surface area contributed by atoms with Gasteiger partial charge in [0.25, 0.3) is 0 Å². The van der Waals surface area contributed by atoms with Crippen molar-refractivity contribution >= 4 is 33.8 Å². The van der Waals surface area contributed by atoms with Crippen LogP contribution in [0.4, 0.5) is 5.69 Å². The summed E-state index contributed by atoms with van der Waals surface area (Å²) in [6, 6.07) is 26.7. The predicted octanol–water partition coefficient (Wildman–Crippen LogP) is 11.6. The first-order valence-corrected chi connectivity index (χ1v) is 24.0. The number of methoxy groups -OCH3 is 2. The molecule has 0 aliphatic carbocycles. The first-order valence-electron chi connectivity index (χ1n) is 17.1. The molecule has 0 bridgehead atoms. The van der Waals surface area contributed by atoms with Crippen molar-refractivity contribution in [2.24, 2.45) is 9.65 Å². The van der Waals surface area contributed by atoms with E-state index in [4.69, 9.17) is 25.7 Å². The van der Waals surface area contributed by atoms with Gasteiger partial charge in [0, 0.05) is 30.7 Å². The van der Waals surface area contributed by atoms with Crippen LogP contribution in [-0.4, -0.2) is 68.7 Å². The van der Waals surface area contributed by atoms with Crippen LogP contribution in [0.2, 0.25) is 39.3 Å². The van der Waals surface area contributed by atoms with E-state index in [1.807, 2.05) is 36.4 Å². The van der Waals surface area contributed by atoms with Crippen LogP contribution in [0.5, 0.6) is 0 Å². The van der Waals surface area contributed by atoms with Gasteiger partial charge in [-0.3, -0.25) is 0 Å². The molecule has 10 heteroatoms. The monoisotopic (exact) mass is 846 g/mol. The number of aliphatic imine (C=N–C) groups is 1. The van der Waals surface area contributed by atoms with E-state index in [0.29, 0.717) is 25.0 Å². The van der Waals surface area contributed by atoms with E-state index >= 15 is 0 Å². The number of amidine groups is 2. The van der Waals surface area contributed by atoms with Gasteiger partial charge >= 0.3 is 39.9 Å². The summed E-state index contributed by atoms with van der Waals surface area (Å²) in [4.78, 5) is 9.77. The van der Waals surface area contributed by atoms with E-state index in [0.717, 1.165) is 59.1 Å². The second-order valence-corrected chi connectivity index (χ2v) is 23.3. The van der Waals surface area contributed by atoms with Crippen LogP contribution in [0, 0.1) is 39.9 Å². The SMILES string of the molecule is CC(C)c1cccc(C(C)C)c1[NH-].COCCOC.C[Si](C)(C)/N=C(/[N-]CCCN=C([N-][Si](C)(C)C)c1ccccc1)c1ccccc1.[Gd+3]. The van der Waals surface area contributed by atoms with E-state index in [2.05, 4.69) is 119 Å². The minimum absolute atomic E-state index is 0.